The molecule has 0 aromatic heterocycles. The van der Waals surface area contributed by atoms with Crippen LogP contribution in [0.25, 0.3) is 16.8 Å². The van der Waals surface area contributed by atoms with E-state index in [0.717, 1.165) is 22.4 Å². The van der Waals surface area contributed by atoms with Gasteiger partial charge in [0.15, 0.2) is 5.60 Å². The molecule has 0 spiro atoms. The van der Waals surface area contributed by atoms with Gasteiger partial charge in [-0.2, -0.15) is 0 Å². The van der Waals surface area contributed by atoms with Gasteiger partial charge in [-0.05, 0) is 46.2 Å². The zero-order chi connectivity index (χ0) is 25.0. The minimum absolute atomic E-state index is 0.0403. The Balaban J connectivity index is 1.47. The van der Waals surface area contributed by atoms with Crippen LogP contribution in [-0.4, -0.2) is 56.3 Å². The molecular weight excluding hydrogens is 452 g/mol. The van der Waals surface area contributed by atoms with Gasteiger partial charge in [-0.15, -0.1) is 0 Å². The summed E-state index contributed by atoms with van der Waals surface area (Å²) in [6, 6.07) is 19.5. The highest BCUT2D eigenvalue weighted by Crippen LogP contribution is 2.35. The van der Waals surface area contributed by atoms with Gasteiger partial charge in [0.2, 0.25) is 0 Å². The Morgan fingerprint density at radius 2 is 1.69 bits per heavy atom. The summed E-state index contributed by atoms with van der Waals surface area (Å²) >= 11 is 0. The maximum absolute atomic E-state index is 12.3. The number of ether oxygens (including phenoxy) is 2. The van der Waals surface area contributed by atoms with Crippen molar-refractivity contribution in [3.63, 3.8) is 0 Å². The lowest BCUT2D eigenvalue weighted by Crippen LogP contribution is -2.58. The van der Waals surface area contributed by atoms with E-state index >= 15 is 0 Å². The van der Waals surface area contributed by atoms with Gasteiger partial charge >= 0.3 is 11.9 Å². The number of aromatic hydroxyl groups is 1. The number of carboxylic acids is 1. The second-order valence-electron chi connectivity index (χ2n) is 8.64. The molecule has 0 radical (unpaired) electrons. The van der Waals surface area contributed by atoms with Gasteiger partial charge in [0.25, 0.3) is 0 Å². The second kappa shape index (κ2) is 10.3. The summed E-state index contributed by atoms with van der Waals surface area (Å²) in [6.45, 7) is -0.0403. The Morgan fingerprint density at radius 3 is 2.40 bits per heavy atom. The number of fused-ring (bicyclic) bond motifs is 1. The average Bonchev–Trinajstić information content (AvgIpc) is 2.85. The normalized spacial score (nSPS) is 24.5. The number of carbonyl (C=O) groups excluding carboxylic acids is 1. The molecule has 0 unspecified atom stereocenters. The zero-order valence-electron chi connectivity index (χ0n) is 18.8. The number of aliphatic hydroxyl groups is 2. The van der Waals surface area contributed by atoms with Crippen LogP contribution < -0.4 is 0 Å². The van der Waals surface area contributed by atoms with Gasteiger partial charge in [-0.1, -0.05) is 48.5 Å². The lowest BCUT2D eigenvalue weighted by molar-refractivity contribution is -0.209. The number of carboxylic acid groups (broad SMARTS) is 1. The van der Waals surface area contributed by atoms with Crippen LogP contribution in [0.2, 0.25) is 0 Å². The third kappa shape index (κ3) is 5.68. The van der Waals surface area contributed by atoms with Gasteiger partial charge in [0.05, 0.1) is 12.7 Å². The van der Waals surface area contributed by atoms with E-state index in [9.17, 15) is 30.0 Å². The fourth-order valence-electron chi connectivity index (χ4n) is 4.19. The van der Waals surface area contributed by atoms with E-state index in [0.29, 0.717) is 5.56 Å². The third-order valence-corrected chi connectivity index (χ3v) is 6.14. The number of esters is 1. The van der Waals surface area contributed by atoms with Crippen molar-refractivity contribution in [1.82, 2.24) is 0 Å². The zero-order valence-corrected chi connectivity index (χ0v) is 18.8. The molecule has 3 aromatic carbocycles. The Labute approximate surface area is 201 Å². The van der Waals surface area contributed by atoms with E-state index in [-0.39, 0.29) is 25.2 Å². The number of carbonyl (C=O) groups is 2. The number of phenolic OH excluding ortho intramolecular Hbond substituents is 1. The summed E-state index contributed by atoms with van der Waals surface area (Å²) in [6.07, 6.45) is -2.31. The van der Waals surface area contributed by atoms with Gasteiger partial charge in [0, 0.05) is 18.9 Å². The number of aliphatic carboxylic acids is 1. The lowest BCUT2D eigenvalue weighted by atomic mass is 9.79. The predicted molar refractivity (Wildman–Crippen MR) is 127 cm³/mol. The number of phenols is 1. The van der Waals surface area contributed by atoms with Crippen LogP contribution in [0.15, 0.2) is 72.8 Å². The van der Waals surface area contributed by atoms with Crippen LogP contribution in [0, 0.1) is 0 Å². The molecule has 35 heavy (non-hydrogen) atoms. The molecule has 8 nitrogen and oxygen atoms in total. The summed E-state index contributed by atoms with van der Waals surface area (Å²) < 4.78 is 11.1. The topological polar surface area (TPSA) is 134 Å². The fraction of sp³-hybridized carbons (Fsp3) is 0.259. The molecule has 0 saturated heterocycles. The van der Waals surface area contributed by atoms with Crippen LogP contribution in [0.5, 0.6) is 5.75 Å². The van der Waals surface area contributed by atoms with E-state index in [1.165, 1.54) is 18.2 Å². The van der Waals surface area contributed by atoms with Gasteiger partial charge in [0.1, 0.15) is 18.0 Å². The lowest BCUT2D eigenvalue weighted by Gasteiger charge is -2.41. The molecule has 4 rings (SSSR count). The van der Waals surface area contributed by atoms with Crippen molar-refractivity contribution in [1.29, 1.82) is 0 Å². The summed E-state index contributed by atoms with van der Waals surface area (Å²) in [5.74, 6) is -2.05. The first-order chi connectivity index (χ1) is 16.8. The van der Waals surface area contributed by atoms with E-state index in [1.807, 2.05) is 42.5 Å². The summed E-state index contributed by atoms with van der Waals surface area (Å²) in [4.78, 5) is 24.6. The van der Waals surface area contributed by atoms with Gasteiger partial charge in [-0.25, -0.2) is 9.59 Å². The number of hydrogen-bond acceptors (Lipinski definition) is 7. The van der Waals surface area contributed by atoms with Crippen molar-refractivity contribution in [3.05, 3.63) is 83.9 Å². The molecule has 4 N–H and O–H groups in total. The van der Waals surface area contributed by atoms with E-state index in [2.05, 4.69) is 0 Å². The molecule has 4 atom stereocenters. The van der Waals surface area contributed by atoms with Crippen molar-refractivity contribution in [2.45, 2.75) is 43.4 Å². The summed E-state index contributed by atoms with van der Waals surface area (Å²) in [7, 11) is 0. The molecule has 0 heterocycles. The van der Waals surface area contributed by atoms with Crippen molar-refractivity contribution in [2.24, 2.45) is 0 Å². The maximum Gasteiger partial charge on any atom is 0.336 e. The quantitative estimate of drug-likeness (QED) is 0.301. The number of benzene rings is 3. The number of rotatable bonds is 7. The number of hydrogen-bond donors (Lipinski definition) is 4. The van der Waals surface area contributed by atoms with Crippen LogP contribution in [0.1, 0.15) is 24.0 Å². The first-order valence-corrected chi connectivity index (χ1v) is 11.1. The molecule has 3 aromatic rings. The molecule has 0 amide bonds. The van der Waals surface area contributed by atoms with E-state index < -0.39 is 35.9 Å². The Morgan fingerprint density at radius 1 is 0.971 bits per heavy atom. The molecule has 1 aliphatic carbocycles. The van der Waals surface area contributed by atoms with Crippen molar-refractivity contribution >= 4 is 28.8 Å². The minimum Gasteiger partial charge on any atom is -0.508 e. The predicted octanol–water partition coefficient (Wildman–Crippen LogP) is 3.03. The molecule has 0 bridgehead atoms. The Hall–Kier alpha value is -3.72. The average molecular weight is 478 g/mol. The smallest absolute Gasteiger partial charge is 0.336 e. The van der Waals surface area contributed by atoms with E-state index in [4.69, 9.17) is 9.47 Å². The van der Waals surface area contributed by atoms with Gasteiger partial charge in [-0.3, -0.25) is 0 Å². The fourth-order valence-corrected chi connectivity index (χ4v) is 4.19. The Kier molecular flexibility index (Phi) is 7.16. The molecule has 182 valence electrons. The Bertz CT molecular complexity index is 1240. The maximum atomic E-state index is 12.3. The molecule has 8 heteroatoms. The SMILES string of the molecule is O=C(C=Cc1ccc(O)cc1)O[C@@H]1C[C@](OCc2ccc3ccccc3c2)(C(=O)O)C[C@H](O)[C@H]1O. The second-order valence-corrected chi connectivity index (χ2v) is 8.64. The molecule has 1 fully saturated rings. The highest BCUT2D eigenvalue weighted by molar-refractivity contribution is 5.87. The monoisotopic (exact) mass is 478 g/mol. The van der Waals surface area contributed by atoms with Crippen LogP contribution in [0.3, 0.4) is 0 Å². The molecule has 0 aliphatic heterocycles. The standard InChI is InChI=1S/C27H26O8/c28-21-10-6-17(7-11-21)8-12-24(30)35-23-15-27(26(32)33,14-22(29)25(23)31)34-16-18-5-9-19-3-1-2-4-20(19)13-18/h1-13,22-23,25,28-29,31H,14-16H2,(H,32,33)/t22-,23+,25+,27-/m0/s1. The van der Waals surface area contributed by atoms with E-state index in [1.54, 1.807) is 12.1 Å². The highest BCUT2D eigenvalue weighted by atomic mass is 16.6. The minimum atomic E-state index is -1.85. The summed E-state index contributed by atoms with van der Waals surface area (Å²) in [5.41, 5.74) is -0.478. The van der Waals surface area contributed by atoms with Crippen molar-refractivity contribution in [3.8, 4) is 5.75 Å². The molecule has 1 aliphatic rings. The van der Waals surface area contributed by atoms with Crippen molar-refractivity contribution < 1.29 is 39.5 Å². The highest BCUT2D eigenvalue weighted by Gasteiger charge is 2.52. The largest absolute Gasteiger partial charge is 0.508 e. The summed E-state index contributed by atoms with van der Waals surface area (Å²) in [5, 5.41) is 42.1. The van der Waals surface area contributed by atoms with Crippen LogP contribution in [-0.2, 0) is 25.7 Å². The van der Waals surface area contributed by atoms with Crippen LogP contribution in [0.4, 0.5) is 0 Å². The third-order valence-electron chi connectivity index (χ3n) is 6.14. The number of aliphatic hydroxyl groups excluding tert-OH is 2. The molecular formula is C27H26O8. The van der Waals surface area contributed by atoms with Gasteiger partial charge < -0.3 is 29.9 Å². The first kappa shape index (κ1) is 24.4. The van der Waals surface area contributed by atoms with Crippen LogP contribution >= 0.6 is 0 Å². The van der Waals surface area contributed by atoms with Crippen molar-refractivity contribution in [2.75, 3.05) is 0 Å². The molecule has 1 saturated carbocycles. The first-order valence-electron chi connectivity index (χ1n) is 11.1.